The van der Waals surface area contributed by atoms with E-state index in [1.807, 2.05) is 37.8 Å². The molecule has 2 aromatic heterocycles. The average molecular weight is 586 g/mol. The van der Waals surface area contributed by atoms with E-state index >= 15 is 0 Å². The van der Waals surface area contributed by atoms with Gasteiger partial charge in [-0.3, -0.25) is 9.59 Å². The van der Waals surface area contributed by atoms with Crippen LogP contribution in [0.25, 0.3) is 0 Å². The lowest BCUT2D eigenvalue weighted by molar-refractivity contribution is -0.146. The summed E-state index contributed by atoms with van der Waals surface area (Å²) in [6.45, 7) is 13.2. The summed E-state index contributed by atoms with van der Waals surface area (Å²) in [5.41, 5.74) is 0.116. The Morgan fingerprint density at radius 2 is 1.97 bits per heavy atom. The zero-order valence-electron chi connectivity index (χ0n) is 23.3. The number of amides is 2. The maximum Gasteiger partial charge on any atom is 0.259 e. The van der Waals surface area contributed by atoms with Crippen LogP contribution in [0.4, 0.5) is 5.82 Å². The van der Waals surface area contributed by atoms with Gasteiger partial charge in [-0.25, -0.2) is 9.97 Å². The van der Waals surface area contributed by atoms with E-state index in [4.69, 9.17) is 9.40 Å². The third-order valence-electron chi connectivity index (χ3n) is 6.81. The van der Waals surface area contributed by atoms with Gasteiger partial charge in [0.05, 0.1) is 24.8 Å². The minimum Gasteiger partial charge on any atom is -0.467 e. The van der Waals surface area contributed by atoms with Gasteiger partial charge >= 0.3 is 0 Å². The Bertz CT molecular complexity index is 1090. The minimum atomic E-state index is -0.432. The van der Waals surface area contributed by atoms with Gasteiger partial charge in [-0.05, 0) is 24.5 Å². The lowest BCUT2D eigenvalue weighted by atomic mass is 9.91. The Morgan fingerprint density at radius 1 is 1.26 bits per heavy atom. The SMILES string of the molecule is CC(C)CN(C(=O)c1cnc(C(C)(C)C)nc1NCc1ccco1)[C@@H]1CNCC(C(=O)N2CC(O)C2)C1.Cl.Cl. The first kappa shape index (κ1) is 32.8. The van der Waals surface area contributed by atoms with Crippen LogP contribution in [0.3, 0.4) is 0 Å². The summed E-state index contributed by atoms with van der Waals surface area (Å²) in [5.74, 6) is 1.74. The molecule has 0 radical (unpaired) electrons. The predicted molar refractivity (Wildman–Crippen MR) is 154 cm³/mol. The fraction of sp³-hybridized carbons (Fsp3) is 0.630. The second-order valence-electron chi connectivity index (χ2n) is 11.6. The number of aromatic nitrogens is 2. The van der Waals surface area contributed by atoms with E-state index in [-0.39, 0.29) is 59.9 Å². The summed E-state index contributed by atoms with van der Waals surface area (Å²) < 4.78 is 5.46. The number of piperidine rings is 1. The number of nitrogens with one attached hydrogen (secondary N) is 2. The van der Waals surface area contributed by atoms with Crippen LogP contribution < -0.4 is 10.6 Å². The summed E-state index contributed by atoms with van der Waals surface area (Å²) in [6, 6.07) is 3.54. The summed E-state index contributed by atoms with van der Waals surface area (Å²) in [5, 5.41) is 16.3. The van der Waals surface area contributed by atoms with Gasteiger partial charge in [-0.15, -0.1) is 24.8 Å². The molecule has 2 aromatic rings. The van der Waals surface area contributed by atoms with Crippen molar-refractivity contribution in [2.24, 2.45) is 11.8 Å². The maximum atomic E-state index is 14.1. The van der Waals surface area contributed by atoms with Crippen molar-refractivity contribution in [1.29, 1.82) is 0 Å². The van der Waals surface area contributed by atoms with E-state index in [0.717, 1.165) is 5.76 Å². The van der Waals surface area contributed by atoms with Gasteiger partial charge in [-0.1, -0.05) is 34.6 Å². The molecule has 39 heavy (non-hydrogen) atoms. The highest BCUT2D eigenvalue weighted by molar-refractivity contribution is 5.98. The van der Waals surface area contributed by atoms with Crippen LogP contribution in [-0.2, 0) is 16.8 Å². The van der Waals surface area contributed by atoms with Gasteiger partial charge < -0.3 is 30.0 Å². The molecule has 0 saturated carbocycles. The van der Waals surface area contributed by atoms with Gasteiger partial charge in [0, 0.05) is 50.4 Å². The molecule has 2 atom stereocenters. The normalized spacial score (nSPS) is 19.5. The number of nitrogens with zero attached hydrogens (tertiary/aromatic N) is 4. The third-order valence-corrected chi connectivity index (χ3v) is 6.81. The molecule has 4 heterocycles. The van der Waals surface area contributed by atoms with Crippen molar-refractivity contribution in [3.63, 3.8) is 0 Å². The summed E-state index contributed by atoms with van der Waals surface area (Å²) in [4.78, 5) is 39.9. The number of aliphatic hydroxyl groups is 1. The van der Waals surface area contributed by atoms with Crippen molar-refractivity contribution in [2.45, 2.75) is 65.1 Å². The minimum absolute atomic E-state index is 0. The Morgan fingerprint density at radius 3 is 2.56 bits per heavy atom. The van der Waals surface area contributed by atoms with Gasteiger partial charge in [0.25, 0.3) is 5.91 Å². The Balaban J connectivity index is 0.00000267. The highest BCUT2D eigenvalue weighted by atomic mass is 35.5. The Kier molecular flexibility index (Phi) is 11.6. The molecule has 218 valence electrons. The van der Waals surface area contributed by atoms with Crippen LogP contribution in [0.15, 0.2) is 29.0 Å². The monoisotopic (exact) mass is 584 g/mol. The molecule has 2 saturated heterocycles. The van der Waals surface area contributed by atoms with Crippen molar-refractivity contribution < 1.29 is 19.1 Å². The van der Waals surface area contributed by atoms with Crippen molar-refractivity contribution in [1.82, 2.24) is 25.1 Å². The van der Waals surface area contributed by atoms with Crippen molar-refractivity contribution in [3.05, 3.63) is 41.7 Å². The first-order chi connectivity index (χ1) is 17.5. The molecule has 2 aliphatic heterocycles. The molecule has 0 aliphatic carbocycles. The van der Waals surface area contributed by atoms with Crippen LogP contribution in [-0.4, -0.2) is 81.6 Å². The fourth-order valence-corrected chi connectivity index (χ4v) is 4.80. The molecule has 0 aromatic carbocycles. The van der Waals surface area contributed by atoms with Crippen LogP contribution in [0.2, 0.25) is 0 Å². The van der Waals surface area contributed by atoms with E-state index < -0.39 is 6.10 Å². The van der Waals surface area contributed by atoms with Crippen molar-refractivity contribution >= 4 is 42.4 Å². The number of carbonyl (C=O) groups is 2. The molecular formula is C27H42Cl2N6O4. The fourth-order valence-electron chi connectivity index (χ4n) is 4.80. The molecule has 4 rings (SSSR count). The van der Waals surface area contributed by atoms with E-state index in [2.05, 4.69) is 29.5 Å². The smallest absolute Gasteiger partial charge is 0.259 e. The van der Waals surface area contributed by atoms with Crippen LogP contribution in [0.1, 0.15) is 63.0 Å². The average Bonchev–Trinajstić information content (AvgIpc) is 3.36. The zero-order valence-corrected chi connectivity index (χ0v) is 25.0. The highest BCUT2D eigenvalue weighted by Crippen LogP contribution is 2.27. The van der Waals surface area contributed by atoms with Gasteiger partial charge in [-0.2, -0.15) is 0 Å². The first-order valence-corrected chi connectivity index (χ1v) is 13.1. The number of rotatable bonds is 8. The zero-order chi connectivity index (χ0) is 26.7. The predicted octanol–water partition coefficient (Wildman–Crippen LogP) is 3.10. The maximum absolute atomic E-state index is 14.1. The second kappa shape index (κ2) is 13.8. The second-order valence-corrected chi connectivity index (χ2v) is 11.6. The first-order valence-electron chi connectivity index (χ1n) is 13.1. The summed E-state index contributed by atoms with van der Waals surface area (Å²) in [7, 11) is 0. The molecule has 12 heteroatoms. The van der Waals surface area contributed by atoms with E-state index in [1.165, 1.54) is 0 Å². The van der Waals surface area contributed by atoms with E-state index in [1.54, 1.807) is 17.4 Å². The molecular weight excluding hydrogens is 543 g/mol. The molecule has 0 bridgehead atoms. The van der Waals surface area contributed by atoms with Gasteiger partial charge in [0.15, 0.2) is 0 Å². The van der Waals surface area contributed by atoms with E-state index in [9.17, 15) is 14.7 Å². The number of hydrogen-bond acceptors (Lipinski definition) is 8. The lowest BCUT2D eigenvalue weighted by Crippen LogP contribution is -2.59. The quantitative estimate of drug-likeness (QED) is 0.432. The molecule has 10 nitrogen and oxygen atoms in total. The molecule has 1 unspecified atom stereocenters. The van der Waals surface area contributed by atoms with E-state index in [0.29, 0.717) is 62.9 Å². The van der Waals surface area contributed by atoms with Crippen molar-refractivity contribution in [2.75, 3.05) is 38.0 Å². The highest BCUT2D eigenvalue weighted by Gasteiger charge is 2.39. The number of furan rings is 1. The number of carbonyl (C=O) groups excluding carboxylic acids is 2. The summed E-state index contributed by atoms with van der Waals surface area (Å²) in [6.07, 6.45) is 3.38. The molecule has 0 spiro atoms. The number of anilines is 1. The number of likely N-dealkylation sites (tertiary alicyclic amines) is 1. The van der Waals surface area contributed by atoms with Crippen molar-refractivity contribution in [3.8, 4) is 0 Å². The largest absolute Gasteiger partial charge is 0.467 e. The van der Waals surface area contributed by atoms with Gasteiger partial charge in [0.1, 0.15) is 23.0 Å². The number of halogens is 2. The topological polar surface area (TPSA) is 124 Å². The van der Waals surface area contributed by atoms with Crippen LogP contribution in [0, 0.1) is 11.8 Å². The molecule has 2 aliphatic rings. The lowest BCUT2D eigenvalue weighted by Gasteiger charge is -2.42. The molecule has 3 N–H and O–H groups in total. The van der Waals surface area contributed by atoms with Gasteiger partial charge in [0.2, 0.25) is 5.91 Å². The third kappa shape index (κ3) is 8.06. The summed E-state index contributed by atoms with van der Waals surface area (Å²) >= 11 is 0. The number of β-amino-alcohol motifs (C(OH)–C–C–N with tert-alkyl or cyclic N) is 1. The van der Waals surface area contributed by atoms with Crippen LogP contribution >= 0.6 is 24.8 Å². The standard InChI is InChI=1S/C27H40N6O4.2ClH/c1-17(2)14-33(19-9-18(10-28-11-19)24(35)32-15-20(34)16-32)25(36)22-13-30-26(27(3,4)5)31-23(22)29-12-21-7-6-8-37-21;;/h6-8,13,17-20,28,34H,9-12,14-16H2,1-5H3,(H,29,30,31);2*1H/t18?,19-;;/m0../s1. The molecule has 2 fully saturated rings. The van der Waals surface area contributed by atoms with Crippen LogP contribution in [0.5, 0.6) is 0 Å². The number of hydrogen-bond donors (Lipinski definition) is 3. The number of aliphatic hydroxyl groups excluding tert-OH is 1. The molecule has 2 amide bonds. The Hall–Kier alpha value is -2.40. The Labute approximate surface area is 243 Å².